The molecular formula is C16H20N4O2. The van der Waals surface area contributed by atoms with Crippen molar-refractivity contribution in [2.75, 3.05) is 25.0 Å². The molecule has 0 radical (unpaired) electrons. The SMILES string of the molecule is CCCN(CCO)C(=O)c1cccc(Nc2cnccn2)c1. The van der Waals surface area contributed by atoms with Crippen LogP contribution in [0.15, 0.2) is 42.9 Å². The minimum absolute atomic E-state index is 0.0384. The predicted molar refractivity (Wildman–Crippen MR) is 85.0 cm³/mol. The number of nitrogens with one attached hydrogen (secondary N) is 1. The van der Waals surface area contributed by atoms with Crippen molar-refractivity contribution in [3.63, 3.8) is 0 Å². The van der Waals surface area contributed by atoms with Gasteiger partial charge in [0.15, 0.2) is 0 Å². The van der Waals surface area contributed by atoms with Gasteiger partial charge in [0.25, 0.3) is 5.91 Å². The van der Waals surface area contributed by atoms with E-state index in [2.05, 4.69) is 15.3 Å². The van der Waals surface area contributed by atoms with Crippen LogP contribution in [0.3, 0.4) is 0 Å². The van der Waals surface area contributed by atoms with Gasteiger partial charge in [-0.1, -0.05) is 13.0 Å². The van der Waals surface area contributed by atoms with Gasteiger partial charge < -0.3 is 15.3 Å². The zero-order chi connectivity index (χ0) is 15.8. The minimum Gasteiger partial charge on any atom is -0.395 e. The molecule has 0 aliphatic heterocycles. The maximum Gasteiger partial charge on any atom is 0.254 e. The van der Waals surface area contributed by atoms with Crippen LogP contribution in [0.5, 0.6) is 0 Å². The summed E-state index contributed by atoms with van der Waals surface area (Å²) in [5.41, 5.74) is 1.35. The van der Waals surface area contributed by atoms with Gasteiger partial charge in [0.2, 0.25) is 0 Å². The number of carbonyl (C=O) groups is 1. The van der Waals surface area contributed by atoms with Crippen molar-refractivity contribution in [2.24, 2.45) is 0 Å². The summed E-state index contributed by atoms with van der Waals surface area (Å²) < 4.78 is 0. The van der Waals surface area contributed by atoms with Crippen LogP contribution in [0.1, 0.15) is 23.7 Å². The Kier molecular flexibility index (Phi) is 5.85. The van der Waals surface area contributed by atoms with Crippen LogP contribution >= 0.6 is 0 Å². The number of benzene rings is 1. The highest BCUT2D eigenvalue weighted by Gasteiger charge is 2.14. The predicted octanol–water partition coefficient (Wildman–Crippen LogP) is 2.06. The molecule has 1 aromatic heterocycles. The van der Waals surface area contributed by atoms with Gasteiger partial charge in [0, 0.05) is 36.7 Å². The summed E-state index contributed by atoms with van der Waals surface area (Å²) in [5.74, 6) is 0.534. The molecule has 2 N–H and O–H groups in total. The third-order valence-corrected chi connectivity index (χ3v) is 3.10. The van der Waals surface area contributed by atoms with Crippen molar-refractivity contribution in [3.8, 4) is 0 Å². The molecule has 2 aromatic rings. The molecule has 0 spiro atoms. The largest absolute Gasteiger partial charge is 0.395 e. The molecule has 2 rings (SSSR count). The summed E-state index contributed by atoms with van der Waals surface area (Å²) in [7, 11) is 0. The highest BCUT2D eigenvalue weighted by atomic mass is 16.3. The Morgan fingerprint density at radius 1 is 1.32 bits per heavy atom. The number of hydrogen-bond donors (Lipinski definition) is 2. The standard InChI is InChI=1S/C16H20N4O2/c1-2-8-20(9-10-21)16(22)13-4-3-5-14(11-13)19-15-12-17-6-7-18-15/h3-7,11-12,21H,2,8-10H2,1H3,(H,18,19). The van der Waals surface area contributed by atoms with Crippen molar-refractivity contribution < 1.29 is 9.90 Å². The highest BCUT2D eigenvalue weighted by Crippen LogP contribution is 2.16. The number of hydrogen-bond acceptors (Lipinski definition) is 5. The molecule has 0 atom stereocenters. The van der Waals surface area contributed by atoms with Crippen molar-refractivity contribution in [1.82, 2.24) is 14.9 Å². The van der Waals surface area contributed by atoms with Crippen LogP contribution in [-0.4, -0.2) is 45.6 Å². The van der Waals surface area contributed by atoms with Crippen molar-refractivity contribution >= 4 is 17.4 Å². The first-order valence-corrected chi connectivity index (χ1v) is 7.28. The molecule has 0 fully saturated rings. The first kappa shape index (κ1) is 15.9. The molecule has 1 heterocycles. The fourth-order valence-electron chi connectivity index (χ4n) is 2.13. The van der Waals surface area contributed by atoms with E-state index in [1.165, 1.54) is 0 Å². The Balaban J connectivity index is 2.14. The van der Waals surface area contributed by atoms with E-state index in [0.29, 0.717) is 24.5 Å². The van der Waals surface area contributed by atoms with E-state index >= 15 is 0 Å². The van der Waals surface area contributed by atoms with Crippen LogP contribution in [-0.2, 0) is 0 Å². The lowest BCUT2D eigenvalue weighted by Crippen LogP contribution is -2.34. The second-order valence-corrected chi connectivity index (χ2v) is 4.81. The molecule has 22 heavy (non-hydrogen) atoms. The van der Waals surface area contributed by atoms with E-state index in [-0.39, 0.29) is 12.5 Å². The molecule has 6 heteroatoms. The molecule has 1 aromatic carbocycles. The number of carbonyl (C=O) groups excluding carboxylic acids is 1. The van der Waals surface area contributed by atoms with Crippen molar-refractivity contribution in [3.05, 3.63) is 48.4 Å². The quantitative estimate of drug-likeness (QED) is 0.818. The molecule has 0 saturated carbocycles. The number of anilines is 2. The maximum atomic E-state index is 12.5. The lowest BCUT2D eigenvalue weighted by atomic mass is 10.1. The Labute approximate surface area is 129 Å². The number of aromatic nitrogens is 2. The average Bonchev–Trinajstić information content (AvgIpc) is 2.55. The highest BCUT2D eigenvalue weighted by molar-refractivity contribution is 5.95. The topological polar surface area (TPSA) is 78.4 Å². The van der Waals surface area contributed by atoms with E-state index in [1.54, 1.807) is 35.6 Å². The third kappa shape index (κ3) is 4.26. The number of amides is 1. The molecule has 0 unspecified atom stereocenters. The van der Waals surface area contributed by atoms with E-state index in [0.717, 1.165) is 12.1 Å². The van der Waals surface area contributed by atoms with Gasteiger partial charge in [-0.25, -0.2) is 4.98 Å². The van der Waals surface area contributed by atoms with Gasteiger partial charge in [-0.3, -0.25) is 9.78 Å². The molecular weight excluding hydrogens is 280 g/mol. The van der Waals surface area contributed by atoms with Gasteiger partial charge >= 0.3 is 0 Å². The van der Waals surface area contributed by atoms with E-state index in [1.807, 2.05) is 19.1 Å². The summed E-state index contributed by atoms with van der Waals surface area (Å²) in [5, 5.41) is 12.2. The Hall–Kier alpha value is -2.47. The molecule has 6 nitrogen and oxygen atoms in total. The van der Waals surface area contributed by atoms with Crippen LogP contribution in [0, 0.1) is 0 Å². The second-order valence-electron chi connectivity index (χ2n) is 4.81. The Bertz CT molecular complexity index is 598. The summed E-state index contributed by atoms with van der Waals surface area (Å²) in [6.07, 6.45) is 5.66. The molecule has 1 amide bonds. The van der Waals surface area contributed by atoms with Crippen LogP contribution < -0.4 is 5.32 Å². The number of rotatable bonds is 7. The Morgan fingerprint density at radius 2 is 2.18 bits per heavy atom. The average molecular weight is 300 g/mol. The number of nitrogens with zero attached hydrogens (tertiary/aromatic N) is 3. The minimum atomic E-state index is -0.0845. The number of aliphatic hydroxyl groups excluding tert-OH is 1. The maximum absolute atomic E-state index is 12.5. The zero-order valence-corrected chi connectivity index (χ0v) is 12.6. The van der Waals surface area contributed by atoms with Crippen LogP contribution in [0.25, 0.3) is 0 Å². The lowest BCUT2D eigenvalue weighted by molar-refractivity contribution is 0.0722. The Morgan fingerprint density at radius 3 is 2.86 bits per heavy atom. The smallest absolute Gasteiger partial charge is 0.254 e. The monoisotopic (exact) mass is 300 g/mol. The molecule has 0 saturated heterocycles. The molecule has 0 aliphatic rings. The van der Waals surface area contributed by atoms with Gasteiger partial charge in [0.1, 0.15) is 5.82 Å². The van der Waals surface area contributed by atoms with Gasteiger partial charge in [-0.15, -0.1) is 0 Å². The van der Waals surface area contributed by atoms with Crippen LogP contribution in [0.2, 0.25) is 0 Å². The third-order valence-electron chi connectivity index (χ3n) is 3.10. The van der Waals surface area contributed by atoms with Gasteiger partial charge in [-0.2, -0.15) is 0 Å². The zero-order valence-electron chi connectivity index (χ0n) is 12.6. The first-order chi connectivity index (χ1) is 10.7. The van der Waals surface area contributed by atoms with E-state index in [9.17, 15) is 4.79 Å². The fraction of sp³-hybridized carbons (Fsp3) is 0.312. The van der Waals surface area contributed by atoms with E-state index in [4.69, 9.17) is 5.11 Å². The van der Waals surface area contributed by atoms with Crippen LogP contribution in [0.4, 0.5) is 11.5 Å². The summed E-state index contributed by atoms with van der Waals surface area (Å²) in [4.78, 5) is 22.3. The molecule has 116 valence electrons. The fourth-order valence-corrected chi connectivity index (χ4v) is 2.13. The first-order valence-electron chi connectivity index (χ1n) is 7.28. The normalized spacial score (nSPS) is 10.3. The van der Waals surface area contributed by atoms with Crippen molar-refractivity contribution in [2.45, 2.75) is 13.3 Å². The molecule has 0 bridgehead atoms. The summed E-state index contributed by atoms with van der Waals surface area (Å²) in [6.45, 7) is 2.93. The van der Waals surface area contributed by atoms with Gasteiger partial charge in [-0.05, 0) is 24.6 Å². The summed E-state index contributed by atoms with van der Waals surface area (Å²) >= 11 is 0. The second kappa shape index (κ2) is 8.09. The molecule has 0 aliphatic carbocycles. The van der Waals surface area contributed by atoms with E-state index < -0.39 is 0 Å². The van der Waals surface area contributed by atoms with Crippen molar-refractivity contribution in [1.29, 1.82) is 0 Å². The lowest BCUT2D eigenvalue weighted by Gasteiger charge is -2.21. The number of aliphatic hydroxyl groups is 1. The summed E-state index contributed by atoms with van der Waals surface area (Å²) in [6, 6.07) is 7.22. The van der Waals surface area contributed by atoms with Gasteiger partial charge in [0.05, 0.1) is 12.8 Å².